The SMILES string of the molecule is CC(C)(c1cc#ccc1)c1ccc(N(c2ccc3c(c2)C(C)(C)c2ccccc2-3)c2ccc3c(c2)c2cc(-c4cccc5ccccc45)cc4c2n3-c2ccccc2C4(C)C)cc1. The van der Waals surface area contributed by atoms with Crippen LogP contribution in [0.3, 0.4) is 0 Å². The molecule has 0 atom stereocenters. The normalized spacial score (nSPS) is 14.3. The maximum Gasteiger partial charge on any atom is 0.0582 e. The largest absolute Gasteiger partial charge is 0.310 e. The summed E-state index contributed by atoms with van der Waals surface area (Å²) in [6, 6.07) is 74.3. The summed E-state index contributed by atoms with van der Waals surface area (Å²) in [4.78, 5) is 2.47. The predicted octanol–water partition coefficient (Wildman–Crippen LogP) is 15.9. The molecule has 2 heteroatoms. The van der Waals surface area contributed by atoms with Crippen LogP contribution < -0.4 is 4.90 Å². The lowest BCUT2D eigenvalue weighted by atomic mass is 9.74. The molecule has 1 aliphatic heterocycles. The zero-order chi connectivity index (χ0) is 42.8. The molecular weight excluding hydrogens is 761 g/mol. The lowest BCUT2D eigenvalue weighted by Crippen LogP contribution is -2.26. The van der Waals surface area contributed by atoms with Crippen molar-refractivity contribution >= 4 is 49.6 Å². The standard InChI is InChI=1S/C61H48N2/c1-59(2,41-19-8-7-9-20-41)42-27-29-43(30-28-42)62(45-31-33-49-48-22-12-13-24-52(48)60(3,4)54(49)38-45)44-32-34-56-50(37-44)51-35-40(47-23-16-18-39-17-10-11-21-46(39)47)36-55-58(51)63(56)57-26-15-14-25-53(57)61(55,5)6/h8,10-38H,1-6H3. The van der Waals surface area contributed by atoms with Gasteiger partial charge in [0.2, 0.25) is 0 Å². The van der Waals surface area contributed by atoms with Gasteiger partial charge in [0, 0.05) is 44.1 Å². The molecule has 0 saturated carbocycles. The molecule has 0 spiro atoms. The Labute approximate surface area is 370 Å². The zero-order valence-corrected chi connectivity index (χ0v) is 36.7. The summed E-state index contributed by atoms with van der Waals surface area (Å²) in [5.41, 5.74) is 19.7. The van der Waals surface area contributed by atoms with E-state index >= 15 is 0 Å². The van der Waals surface area contributed by atoms with Gasteiger partial charge in [0.05, 0.1) is 16.7 Å². The first kappa shape index (κ1) is 37.4. The fraction of sp³-hybridized carbons (Fsp3) is 0.148. The van der Waals surface area contributed by atoms with E-state index in [1.165, 1.54) is 93.9 Å². The molecule has 12 rings (SSSR count). The maximum absolute atomic E-state index is 3.18. The Balaban J connectivity index is 1.11. The fourth-order valence-corrected chi connectivity index (χ4v) is 11.2. The summed E-state index contributed by atoms with van der Waals surface area (Å²) in [6.07, 6.45) is 0. The van der Waals surface area contributed by atoms with Crippen LogP contribution in [-0.4, -0.2) is 4.57 Å². The minimum Gasteiger partial charge on any atom is -0.310 e. The lowest BCUT2D eigenvalue weighted by Gasteiger charge is -2.35. The number of fused-ring (bicyclic) bond motifs is 9. The van der Waals surface area contributed by atoms with E-state index in [0.717, 1.165) is 17.1 Å². The molecule has 2 nitrogen and oxygen atoms in total. The third kappa shape index (κ3) is 5.39. The average Bonchev–Trinajstić information content (AvgIpc) is 3.76. The first-order valence-electron chi connectivity index (χ1n) is 22.3. The van der Waals surface area contributed by atoms with Crippen LogP contribution in [0.5, 0.6) is 0 Å². The highest BCUT2D eigenvalue weighted by Gasteiger charge is 2.38. The van der Waals surface area contributed by atoms with E-state index in [1.54, 1.807) is 0 Å². The highest BCUT2D eigenvalue weighted by molar-refractivity contribution is 6.15. The zero-order valence-electron chi connectivity index (χ0n) is 36.7. The quantitative estimate of drug-likeness (QED) is 0.162. The Morgan fingerprint density at radius 1 is 0.476 bits per heavy atom. The van der Waals surface area contributed by atoms with Gasteiger partial charge in [-0.15, -0.1) is 0 Å². The van der Waals surface area contributed by atoms with E-state index in [4.69, 9.17) is 0 Å². The van der Waals surface area contributed by atoms with E-state index in [9.17, 15) is 0 Å². The number of rotatable bonds is 6. The smallest absolute Gasteiger partial charge is 0.0582 e. The van der Waals surface area contributed by atoms with Gasteiger partial charge in [0.1, 0.15) is 0 Å². The van der Waals surface area contributed by atoms with Crippen LogP contribution in [-0.2, 0) is 16.2 Å². The van der Waals surface area contributed by atoms with Gasteiger partial charge in [0.25, 0.3) is 0 Å². The van der Waals surface area contributed by atoms with E-state index in [-0.39, 0.29) is 16.2 Å². The van der Waals surface area contributed by atoms with Crippen LogP contribution in [0.1, 0.15) is 74.9 Å². The highest BCUT2D eigenvalue weighted by atomic mass is 15.1. The Morgan fingerprint density at radius 3 is 1.97 bits per heavy atom. The Kier molecular flexibility index (Phi) is 7.92. The number of nitrogens with zero attached hydrogens (tertiary/aromatic N) is 2. The van der Waals surface area contributed by atoms with Crippen molar-refractivity contribution in [3.05, 3.63) is 228 Å². The van der Waals surface area contributed by atoms with Crippen molar-refractivity contribution in [2.45, 2.75) is 57.8 Å². The molecule has 0 N–H and O–H groups in total. The third-order valence-electron chi connectivity index (χ3n) is 14.7. The van der Waals surface area contributed by atoms with Crippen LogP contribution in [0.4, 0.5) is 17.1 Å². The molecule has 302 valence electrons. The summed E-state index contributed by atoms with van der Waals surface area (Å²) in [6.45, 7) is 14.1. The molecule has 0 radical (unpaired) electrons. The summed E-state index contributed by atoms with van der Waals surface area (Å²) in [5, 5.41) is 5.04. The van der Waals surface area contributed by atoms with E-state index in [2.05, 4.69) is 239 Å². The molecule has 63 heavy (non-hydrogen) atoms. The monoisotopic (exact) mass is 808 g/mol. The maximum atomic E-state index is 3.18. The van der Waals surface area contributed by atoms with E-state index < -0.39 is 0 Å². The first-order valence-corrected chi connectivity index (χ1v) is 22.3. The molecule has 1 aliphatic carbocycles. The summed E-state index contributed by atoms with van der Waals surface area (Å²) in [7, 11) is 0. The topological polar surface area (TPSA) is 8.17 Å². The van der Waals surface area contributed by atoms with Crippen molar-refractivity contribution < 1.29 is 0 Å². The van der Waals surface area contributed by atoms with Crippen molar-refractivity contribution in [3.8, 4) is 27.9 Å². The van der Waals surface area contributed by atoms with Crippen molar-refractivity contribution in [1.29, 1.82) is 0 Å². The van der Waals surface area contributed by atoms with Crippen LogP contribution in [0.25, 0.3) is 60.5 Å². The minimum atomic E-state index is -0.213. The molecule has 0 bridgehead atoms. The van der Waals surface area contributed by atoms with Crippen molar-refractivity contribution in [2.75, 3.05) is 4.90 Å². The lowest BCUT2D eigenvalue weighted by molar-refractivity contribution is 0.630. The Bertz CT molecular complexity index is 3470. The third-order valence-corrected chi connectivity index (χ3v) is 14.7. The Morgan fingerprint density at radius 2 is 1.14 bits per heavy atom. The van der Waals surface area contributed by atoms with Gasteiger partial charge < -0.3 is 9.47 Å². The van der Waals surface area contributed by atoms with Crippen LogP contribution in [0, 0.1) is 12.1 Å². The molecule has 2 heterocycles. The van der Waals surface area contributed by atoms with Crippen LogP contribution >= 0.6 is 0 Å². The second kappa shape index (κ2) is 13.3. The van der Waals surface area contributed by atoms with E-state index in [0.29, 0.717) is 0 Å². The number of aromatic nitrogens is 1. The fourth-order valence-electron chi connectivity index (χ4n) is 11.2. The van der Waals surface area contributed by atoms with Crippen molar-refractivity contribution in [2.24, 2.45) is 0 Å². The van der Waals surface area contributed by atoms with Gasteiger partial charge in [-0.1, -0.05) is 157 Å². The average molecular weight is 809 g/mol. The minimum absolute atomic E-state index is 0.132. The summed E-state index contributed by atoms with van der Waals surface area (Å²) >= 11 is 0. The molecular formula is C61H48N2. The number of anilines is 3. The van der Waals surface area contributed by atoms with Gasteiger partial charge in [-0.3, -0.25) is 0 Å². The van der Waals surface area contributed by atoms with Gasteiger partial charge in [-0.05, 0) is 145 Å². The van der Waals surface area contributed by atoms with Crippen molar-refractivity contribution in [3.63, 3.8) is 0 Å². The second-order valence-electron chi connectivity index (χ2n) is 19.3. The number of hydrogen-bond acceptors (Lipinski definition) is 1. The number of benzene rings is 8. The van der Waals surface area contributed by atoms with Gasteiger partial charge in [0.15, 0.2) is 0 Å². The molecule has 0 saturated heterocycles. The predicted molar refractivity (Wildman–Crippen MR) is 264 cm³/mol. The van der Waals surface area contributed by atoms with Gasteiger partial charge in [-0.25, -0.2) is 0 Å². The molecule has 0 fully saturated rings. The van der Waals surface area contributed by atoms with Gasteiger partial charge in [-0.2, -0.15) is 0 Å². The Hall–Kier alpha value is -7.34. The molecule has 2 aliphatic rings. The molecule has 10 aromatic rings. The molecule has 0 amide bonds. The molecule has 9 aromatic carbocycles. The molecule has 0 unspecified atom stereocenters. The first-order chi connectivity index (χ1) is 30.5. The van der Waals surface area contributed by atoms with E-state index in [1.807, 2.05) is 6.07 Å². The van der Waals surface area contributed by atoms with Crippen LogP contribution in [0.2, 0.25) is 0 Å². The summed E-state index contributed by atoms with van der Waals surface area (Å²) in [5.74, 6) is 0. The van der Waals surface area contributed by atoms with Gasteiger partial charge >= 0.3 is 0 Å². The molecule has 1 aromatic heterocycles. The van der Waals surface area contributed by atoms with Crippen molar-refractivity contribution in [1.82, 2.24) is 4.57 Å². The number of hydrogen-bond donors (Lipinski definition) is 0. The summed E-state index contributed by atoms with van der Waals surface area (Å²) < 4.78 is 2.53. The van der Waals surface area contributed by atoms with Crippen LogP contribution in [0.15, 0.2) is 182 Å². The highest BCUT2D eigenvalue weighted by Crippen LogP contribution is 2.53. The number of para-hydroxylation sites is 1. The second-order valence-corrected chi connectivity index (χ2v) is 19.3.